The fourth-order valence-electron chi connectivity index (χ4n) is 3.28. The third-order valence-corrected chi connectivity index (χ3v) is 4.96. The predicted molar refractivity (Wildman–Crippen MR) is 84.9 cm³/mol. The van der Waals surface area contributed by atoms with Gasteiger partial charge in [0.1, 0.15) is 0 Å². The minimum absolute atomic E-state index is 0.808. The number of piperidine rings is 1. The molecule has 112 valence electrons. The SMILES string of the molecule is S=C(NCCN1CCCCC1)N1CCC2=C(COC2)C1. The highest BCUT2D eigenvalue weighted by Gasteiger charge is 2.24. The highest BCUT2D eigenvalue weighted by atomic mass is 32.1. The fourth-order valence-corrected chi connectivity index (χ4v) is 3.53. The van der Waals surface area contributed by atoms with E-state index in [0.29, 0.717) is 0 Å². The Morgan fingerprint density at radius 2 is 1.90 bits per heavy atom. The van der Waals surface area contributed by atoms with Crippen molar-refractivity contribution in [3.8, 4) is 0 Å². The first-order chi connectivity index (χ1) is 9.83. The van der Waals surface area contributed by atoms with Gasteiger partial charge in [-0.3, -0.25) is 0 Å². The van der Waals surface area contributed by atoms with E-state index < -0.39 is 0 Å². The average Bonchev–Trinajstić information content (AvgIpc) is 2.95. The van der Waals surface area contributed by atoms with Crippen molar-refractivity contribution < 1.29 is 4.74 Å². The van der Waals surface area contributed by atoms with Crippen LogP contribution in [0.1, 0.15) is 25.7 Å². The van der Waals surface area contributed by atoms with Crippen LogP contribution in [0.5, 0.6) is 0 Å². The molecule has 0 amide bonds. The van der Waals surface area contributed by atoms with Crippen LogP contribution in [0.4, 0.5) is 0 Å². The van der Waals surface area contributed by atoms with Crippen LogP contribution in [0.3, 0.4) is 0 Å². The summed E-state index contributed by atoms with van der Waals surface area (Å²) >= 11 is 5.53. The normalized spacial score (nSPS) is 23.9. The lowest BCUT2D eigenvalue weighted by atomic mass is 10.0. The summed E-state index contributed by atoms with van der Waals surface area (Å²) in [5.74, 6) is 0. The van der Waals surface area contributed by atoms with Crippen LogP contribution in [0.25, 0.3) is 0 Å². The van der Waals surface area contributed by atoms with Gasteiger partial charge in [0.2, 0.25) is 0 Å². The molecule has 20 heavy (non-hydrogen) atoms. The monoisotopic (exact) mass is 295 g/mol. The molecule has 3 aliphatic rings. The molecule has 0 aliphatic carbocycles. The fraction of sp³-hybridized carbons (Fsp3) is 0.800. The van der Waals surface area contributed by atoms with Crippen molar-refractivity contribution in [3.05, 3.63) is 11.1 Å². The molecular weight excluding hydrogens is 270 g/mol. The first-order valence-electron chi connectivity index (χ1n) is 7.85. The Labute approximate surface area is 127 Å². The highest BCUT2D eigenvalue weighted by Crippen LogP contribution is 2.23. The Morgan fingerprint density at radius 3 is 2.75 bits per heavy atom. The Bertz CT molecular complexity index is 391. The molecular formula is C15H25N3OS. The van der Waals surface area contributed by atoms with Gasteiger partial charge in [-0.1, -0.05) is 6.42 Å². The molecule has 5 heteroatoms. The van der Waals surface area contributed by atoms with Crippen molar-refractivity contribution in [1.29, 1.82) is 0 Å². The molecule has 4 nitrogen and oxygen atoms in total. The molecule has 0 aromatic heterocycles. The van der Waals surface area contributed by atoms with Crippen molar-refractivity contribution in [2.45, 2.75) is 25.7 Å². The molecule has 1 fully saturated rings. The quantitative estimate of drug-likeness (QED) is 0.627. The zero-order chi connectivity index (χ0) is 13.8. The maximum absolute atomic E-state index is 5.53. The highest BCUT2D eigenvalue weighted by molar-refractivity contribution is 7.80. The van der Waals surface area contributed by atoms with E-state index in [2.05, 4.69) is 15.1 Å². The van der Waals surface area contributed by atoms with E-state index >= 15 is 0 Å². The Hall–Kier alpha value is -0.650. The van der Waals surface area contributed by atoms with E-state index in [1.807, 2.05) is 0 Å². The largest absolute Gasteiger partial charge is 0.373 e. The molecule has 0 bridgehead atoms. The first kappa shape index (κ1) is 14.3. The number of ether oxygens (including phenoxy) is 1. The number of rotatable bonds is 3. The van der Waals surface area contributed by atoms with Crippen LogP contribution in [0.15, 0.2) is 11.1 Å². The zero-order valence-electron chi connectivity index (χ0n) is 12.2. The van der Waals surface area contributed by atoms with E-state index in [-0.39, 0.29) is 0 Å². The second-order valence-electron chi connectivity index (χ2n) is 6.01. The molecule has 3 rings (SSSR count). The molecule has 0 unspecified atom stereocenters. The first-order valence-corrected chi connectivity index (χ1v) is 8.26. The molecule has 1 N–H and O–H groups in total. The van der Waals surface area contributed by atoms with Gasteiger partial charge in [0, 0.05) is 26.2 Å². The molecule has 1 saturated heterocycles. The minimum atomic E-state index is 0.808. The third-order valence-electron chi connectivity index (χ3n) is 4.56. The lowest BCUT2D eigenvalue weighted by molar-refractivity contribution is 0.203. The number of thiocarbonyl (C=S) groups is 1. The molecule has 0 saturated carbocycles. The summed E-state index contributed by atoms with van der Waals surface area (Å²) in [7, 11) is 0. The van der Waals surface area contributed by atoms with E-state index in [0.717, 1.165) is 50.9 Å². The number of nitrogens with zero attached hydrogens (tertiary/aromatic N) is 2. The van der Waals surface area contributed by atoms with Gasteiger partial charge < -0.3 is 19.9 Å². The summed E-state index contributed by atoms with van der Waals surface area (Å²) < 4.78 is 5.51. The number of hydrogen-bond donors (Lipinski definition) is 1. The Kier molecular flexibility index (Phi) is 4.91. The van der Waals surface area contributed by atoms with Crippen LogP contribution in [0, 0.1) is 0 Å². The zero-order valence-corrected chi connectivity index (χ0v) is 13.0. The third kappa shape index (κ3) is 3.51. The molecule has 3 aliphatic heterocycles. The Balaban J connectivity index is 1.39. The molecule has 3 heterocycles. The van der Waals surface area contributed by atoms with Gasteiger partial charge in [-0.15, -0.1) is 0 Å². The van der Waals surface area contributed by atoms with E-state index in [1.54, 1.807) is 0 Å². The van der Waals surface area contributed by atoms with Gasteiger partial charge in [0.15, 0.2) is 5.11 Å². The van der Waals surface area contributed by atoms with Crippen molar-refractivity contribution in [1.82, 2.24) is 15.1 Å². The number of hydrogen-bond acceptors (Lipinski definition) is 3. The van der Waals surface area contributed by atoms with Gasteiger partial charge in [-0.25, -0.2) is 0 Å². The average molecular weight is 295 g/mol. The van der Waals surface area contributed by atoms with Gasteiger partial charge >= 0.3 is 0 Å². The van der Waals surface area contributed by atoms with Gasteiger partial charge in [0.25, 0.3) is 0 Å². The lowest BCUT2D eigenvalue weighted by Crippen LogP contribution is -2.46. The van der Waals surface area contributed by atoms with Crippen LogP contribution < -0.4 is 5.32 Å². The number of likely N-dealkylation sites (tertiary alicyclic amines) is 1. The van der Waals surface area contributed by atoms with Crippen molar-refractivity contribution in [3.63, 3.8) is 0 Å². The van der Waals surface area contributed by atoms with Crippen molar-refractivity contribution >= 4 is 17.3 Å². The standard InChI is InChI=1S/C15H25N3OS/c20-15(16-5-9-17-6-2-1-3-7-17)18-8-4-13-11-19-12-14(13)10-18/h1-12H2,(H,16,20). The van der Waals surface area contributed by atoms with E-state index in [4.69, 9.17) is 17.0 Å². The Morgan fingerprint density at radius 1 is 1.10 bits per heavy atom. The van der Waals surface area contributed by atoms with Gasteiger partial charge in [-0.2, -0.15) is 0 Å². The van der Waals surface area contributed by atoms with Crippen molar-refractivity contribution in [2.24, 2.45) is 0 Å². The maximum atomic E-state index is 5.53. The lowest BCUT2D eigenvalue weighted by Gasteiger charge is -2.31. The molecule has 0 spiro atoms. The summed E-state index contributed by atoms with van der Waals surface area (Å²) in [4.78, 5) is 4.83. The van der Waals surface area contributed by atoms with Crippen LogP contribution in [-0.2, 0) is 4.74 Å². The summed E-state index contributed by atoms with van der Waals surface area (Å²) in [6.45, 7) is 8.25. The second-order valence-corrected chi connectivity index (χ2v) is 6.39. The van der Waals surface area contributed by atoms with Crippen LogP contribution >= 0.6 is 12.2 Å². The minimum Gasteiger partial charge on any atom is -0.373 e. The summed E-state index contributed by atoms with van der Waals surface area (Å²) in [6.07, 6.45) is 5.22. The van der Waals surface area contributed by atoms with Crippen LogP contribution in [-0.4, -0.2) is 67.4 Å². The summed E-state index contributed by atoms with van der Waals surface area (Å²) in [5, 5.41) is 4.35. The van der Waals surface area contributed by atoms with Gasteiger partial charge in [0.05, 0.1) is 13.2 Å². The molecule has 0 aromatic rings. The molecule has 0 aromatic carbocycles. The summed E-state index contributed by atoms with van der Waals surface area (Å²) in [6, 6.07) is 0. The number of nitrogens with one attached hydrogen (secondary N) is 1. The maximum Gasteiger partial charge on any atom is 0.169 e. The smallest absolute Gasteiger partial charge is 0.169 e. The van der Waals surface area contributed by atoms with E-state index in [9.17, 15) is 0 Å². The van der Waals surface area contributed by atoms with Crippen molar-refractivity contribution in [2.75, 3.05) is 52.5 Å². The topological polar surface area (TPSA) is 27.7 Å². The summed E-state index contributed by atoms with van der Waals surface area (Å²) in [5.41, 5.74) is 2.97. The van der Waals surface area contributed by atoms with E-state index in [1.165, 1.54) is 43.5 Å². The van der Waals surface area contributed by atoms with Crippen LogP contribution in [0.2, 0.25) is 0 Å². The van der Waals surface area contributed by atoms with Gasteiger partial charge in [-0.05, 0) is 55.7 Å². The predicted octanol–water partition coefficient (Wildman–Crippen LogP) is 1.38. The molecule has 0 atom stereocenters. The second kappa shape index (κ2) is 6.87. The molecule has 0 radical (unpaired) electrons.